The molecule has 1 aromatic carbocycles. The van der Waals surface area contributed by atoms with Crippen molar-refractivity contribution in [1.29, 1.82) is 5.26 Å². The van der Waals surface area contributed by atoms with Gasteiger partial charge in [-0.3, -0.25) is 4.79 Å². The molecule has 0 saturated heterocycles. The maximum atomic E-state index is 12.5. The van der Waals surface area contributed by atoms with Crippen LogP contribution >= 0.6 is 22.7 Å². The number of methoxy groups -OCH3 is 3. The monoisotopic (exact) mass is 429 g/mol. The van der Waals surface area contributed by atoms with Crippen molar-refractivity contribution < 1.29 is 19.0 Å². The van der Waals surface area contributed by atoms with Gasteiger partial charge in [0.15, 0.2) is 11.5 Å². The molecule has 1 unspecified atom stereocenters. The van der Waals surface area contributed by atoms with Crippen molar-refractivity contribution in [3.05, 3.63) is 45.6 Å². The molecule has 1 atom stereocenters. The summed E-state index contributed by atoms with van der Waals surface area (Å²) in [5.41, 5.74) is 2.24. The molecular formula is C20H19N3O4S2. The molecular weight excluding hydrogens is 410 g/mol. The van der Waals surface area contributed by atoms with E-state index in [-0.39, 0.29) is 12.3 Å². The predicted octanol–water partition coefficient (Wildman–Crippen LogP) is 3.82. The van der Waals surface area contributed by atoms with Crippen LogP contribution in [-0.4, -0.2) is 32.2 Å². The van der Waals surface area contributed by atoms with E-state index in [2.05, 4.69) is 16.4 Å². The van der Waals surface area contributed by atoms with Crippen LogP contribution in [0.2, 0.25) is 0 Å². The Morgan fingerprint density at radius 1 is 1.21 bits per heavy atom. The highest BCUT2D eigenvalue weighted by atomic mass is 32.1. The number of thiophene rings is 1. The number of carbonyl (C=O) groups is 1. The van der Waals surface area contributed by atoms with E-state index in [1.165, 1.54) is 32.7 Å². The zero-order chi connectivity index (χ0) is 20.8. The van der Waals surface area contributed by atoms with Crippen LogP contribution in [0.5, 0.6) is 17.2 Å². The lowest BCUT2D eigenvalue weighted by atomic mass is 10.1. The molecule has 0 fully saturated rings. The summed E-state index contributed by atoms with van der Waals surface area (Å²) in [5.74, 6) is 0.949. The summed E-state index contributed by atoms with van der Waals surface area (Å²) in [4.78, 5) is 17.0. The normalized spacial score (nSPS) is 11.4. The molecule has 0 spiro atoms. The van der Waals surface area contributed by atoms with Crippen molar-refractivity contribution >= 4 is 28.6 Å². The number of nitrogens with one attached hydrogen (secondary N) is 1. The number of amides is 1. The molecule has 0 bridgehead atoms. The summed E-state index contributed by atoms with van der Waals surface area (Å²) in [6.07, 6.45) is 0.0865. The van der Waals surface area contributed by atoms with Crippen LogP contribution in [0.15, 0.2) is 34.3 Å². The quantitative estimate of drug-likeness (QED) is 0.585. The van der Waals surface area contributed by atoms with Gasteiger partial charge in [-0.1, -0.05) is 0 Å². The van der Waals surface area contributed by atoms with Crippen LogP contribution in [0.1, 0.15) is 17.3 Å². The van der Waals surface area contributed by atoms with Gasteiger partial charge < -0.3 is 19.5 Å². The van der Waals surface area contributed by atoms with Crippen molar-refractivity contribution in [1.82, 2.24) is 10.3 Å². The smallest absolute Gasteiger partial charge is 0.227 e. The van der Waals surface area contributed by atoms with Gasteiger partial charge in [0.05, 0.1) is 39.5 Å². The minimum atomic E-state index is -0.869. The van der Waals surface area contributed by atoms with Gasteiger partial charge in [-0.25, -0.2) is 4.98 Å². The molecule has 29 heavy (non-hydrogen) atoms. The maximum Gasteiger partial charge on any atom is 0.227 e. The Hall–Kier alpha value is -3.09. The number of ether oxygens (including phenoxy) is 3. The minimum absolute atomic E-state index is 0.0865. The Balaban J connectivity index is 1.74. The summed E-state index contributed by atoms with van der Waals surface area (Å²) in [7, 11) is 4.49. The minimum Gasteiger partial charge on any atom is -0.493 e. The van der Waals surface area contributed by atoms with E-state index in [9.17, 15) is 10.1 Å². The second kappa shape index (κ2) is 9.41. The lowest BCUT2D eigenvalue weighted by Crippen LogP contribution is -2.29. The van der Waals surface area contributed by atoms with E-state index >= 15 is 0 Å². The molecule has 1 amide bonds. The average Bonchev–Trinajstić information content (AvgIpc) is 3.42. The van der Waals surface area contributed by atoms with Gasteiger partial charge in [-0.15, -0.1) is 11.3 Å². The van der Waals surface area contributed by atoms with Crippen molar-refractivity contribution in [3.63, 3.8) is 0 Å². The van der Waals surface area contributed by atoms with Crippen LogP contribution in [0, 0.1) is 11.3 Å². The number of nitrogens with zero attached hydrogens (tertiary/aromatic N) is 2. The first kappa shape index (κ1) is 20.6. The number of hydrogen-bond donors (Lipinski definition) is 1. The van der Waals surface area contributed by atoms with Crippen molar-refractivity contribution in [2.75, 3.05) is 21.3 Å². The van der Waals surface area contributed by atoms with Crippen LogP contribution < -0.4 is 19.5 Å². The molecule has 3 aromatic rings. The third-order valence-corrected chi connectivity index (χ3v) is 5.74. The second-order valence-corrected chi connectivity index (χ2v) is 7.56. The Kier molecular flexibility index (Phi) is 6.69. The SMILES string of the molecule is COc1cc(C(C#N)NC(=O)Cc2csc(-c3ccsc3)n2)cc(OC)c1OC. The molecule has 2 aromatic heterocycles. The van der Waals surface area contributed by atoms with E-state index in [1.807, 2.05) is 22.2 Å². The predicted molar refractivity (Wildman–Crippen MR) is 112 cm³/mol. The number of benzene rings is 1. The highest BCUT2D eigenvalue weighted by Gasteiger charge is 2.21. The molecule has 0 saturated carbocycles. The zero-order valence-electron chi connectivity index (χ0n) is 16.1. The molecule has 0 radical (unpaired) electrons. The summed E-state index contributed by atoms with van der Waals surface area (Å²) < 4.78 is 15.9. The fourth-order valence-corrected chi connectivity index (χ4v) is 4.27. The number of carbonyl (C=O) groups excluding carboxylic acids is 1. The Labute approximate surface area is 176 Å². The summed E-state index contributed by atoms with van der Waals surface area (Å²) >= 11 is 3.08. The molecule has 0 aliphatic rings. The van der Waals surface area contributed by atoms with E-state index in [0.29, 0.717) is 28.5 Å². The Morgan fingerprint density at radius 2 is 1.93 bits per heavy atom. The van der Waals surface area contributed by atoms with Gasteiger partial charge in [-0.05, 0) is 29.1 Å². The fourth-order valence-electron chi connectivity index (χ4n) is 2.74. The van der Waals surface area contributed by atoms with Gasteiger partial charge in [0.1, 0.15) is 11.0 Å². The van der Waals surface area contributed by atoms with Crippen molar-refractivity contribution in [2.24, 2.45) is 0 Å². The maximum absolute atomic E-state index is 12.5. The van der Waals surface area contributed by atoms with E-state index in [4.69, 9.17) is 14.2 Å². The molecule has 0 aliphatic heterocycles. The second-order valence-electron chi connectivity index (χ2n) is 5.92. The third-order valence-electron chi connectivity index (χ3n) is 4.12. The number of aromatic nitrogens is 1. The molecule has 2 heterocycles. The zero-order valence-corrected chi connectivity index (χ0v) is 17.7. The first-order valence-electron chi connectivity index (χ1n) is 8.55. The molecule has 9 heteroatoms. The Morgan fingerprint density at radius 3 is 2.48 bits per heavy atom. The van der Waals surface area contributed by atoms with Gasteiger partial charge in [0.2, 0.25) is 11.7 Å². The van der Waals surface area contributed by atoms with Crippen LogP contribution in [0.3, 0.4) is 0 Å². The standard InChI is InChI=1S/C20H19N3O4S2/c1-25-16-6-13(7-17(26-2)19(16)27-3)15(9-21)23-18(24)8-14-11-29-20(22-14)12-4-5-28-10-12/h4-7,10-11,15H,8H2,1-3H3,(H,23,24). The number of hydrogen-bond acceptors (Lipinski definition) is 8. The average molecular weight is 430 g/mol. The Bertz CT molecular complexity index is 1000. The first-order chi connectivity index (χ1) is 14.1. The van der Waals surface area contributed by atoms with Gasteiger partial charge in [-0.2, -0.15) is 16.6 Å². The number of nitriles is 1. The fraction of sp³-hybridized carbons (Fsp3) is 0.250. The van der Waals surface area contributed by atoms with Gasteiger partial charge in [0.25, 0.3) is 0 Å². The number of thiazole rings is 1. The lowest BCUT2D eigenvalue weighted by molar-refractivity contribution is -0.120. The summed E-state index contributed by atoms with van der Waals surface area (Å²) in [6.45, 7) is 0. The van der Waals surface area contributed by atoms with E-state index < -0.39 is 6.04 Å². The van der Waals surface area contributed by atoms with Gasteiger partial charge in [0, 0.05) is 16.3 Å². The molecule has 3 rings (SSSR count). The third kappa shape index (κ3) is 4.67. The van der Waals surface area contributed by atoms with Gasteiger partial charge >= 0.3 is 0 Å². The molecule has 1 N–H and O–H groups in total. The van der Waals surface area contributed by atoms with Crippen molar-refractivity contribution in [3.8, 4) is 33.9 Å². The largest absolute Gasteiger partial charge is 0.493 e. The van der Waals surface area contributed by atoms with Crippen LogP contribution in [-0.2, 0) is 11.2 Å². The molecule has 0 aliphatic carbocycles. The lowest BCUT2D eigenvalue weighted by Gasteiger charge is -2.17. The van der Waals surface area contributed by atoms with Crippen molar-refractivity contribution in [2.45, 2.75) is 12.5 Å². The summed E-state index contributed by atoms with van der Waals surface area (Å²) in [6, 6.07) is 6.51. The first-order valence-corrected chi connectivity index (χ1v) is 10.4. The highest BCUT2D eigenvalue weighted by molar-refractivity contribution is 7.14. The molecule has 7 nitrogen and oxygen atoms in total. The van der Waals surface area contributed by atoms with Crippen LogP contribution in [0.4, 0.5) is 0 Å². The number of rotatable bonds is 8. The van der Waals surface area contributed by atoms with E-state index in [0.717, 1.165) is 10.6 Å². The van der Waals surface area contributed by atoms with Crippen LogP contribution in [0.25, 0.3) is 10.6 Å². The topological polar surface area (TPSA) is 93.5 Å². The van der Waals surface area contributed by atoms with E-state index in [1.54, 1.807) is 23.5 Å². The highest BCUT2D eigenvalue weighted by Crippen LogP contribution is 2.39. The summed E-state index contributed by atoms with van der Waals surface area (Å²) in [5, 5.41) is 19.0. The molecule has 150 valence electrons.